The van der Waals surface area contributed by atoms with Crippen molar-refractivity contribution in [3.63, 3.8) is 0 Å². The summed E-state index contributed by atoms with van der Waals surface area (Å²) in [4.78, 5) is 4.11. The van der Waals surface area contributed by atoms with E-state index < -0.39 is 0 Å². The predicted molar refractivity (Wildman–Crippen MR) is 79.9 cm³/mol. The van der Waals surface area contributed by atoms with Gasteiger partial charge in [0.15, 0.2) is 0 Å². The lowest BCUT2D eigenvalue weighted by molar-refractivity contribution is 0.144. The quantitative estimate of drug-likeness (QED) is 0.816. The Labute approximate surface area is 115 Å². The number of rotatable bonds is 7. The summed E-state index contributed by atoms with van der Waals surface area (Å²) in [6, 6.07) is 5.85. The molecule has 0 aliphatic heterocycles. The van der Waals surface area contributed by atoms with Crippen molar-refractivity contribution in [3.8, 4) is 0 Å². The van der Waals surface area contributed by atoms with Crippen molar-refractivity contribution >= 4 is 11.3 Å². The molecule has 2 unspecified atom stereocenters. The predicted octanol–water partition coefficient (Wildman–Crippen LogP) is 3.65. The van der Waals surface area contributed by atoms with Crippen molar-refractivity contribution in [2.75, 3.05) is 6.54 Å². The van der Waals surface area contributed by atoms with Crippen LogP contribution < -0.4 is 5.73 Å². The van der Waals surface area contributed by atoms with E-state index in [1.807, 2.05) is 11.3 Å². The minimum absolute atomic E-state index is 0.253. The highest BCUT2D eigenvalue weighted by molar-refractivity contribution is 7.10. The van der Waals surface area contributed by atoms with Gasteiger partial charge in [0.1, 0.15) is 0 Å². The molecule has 0 radical (unpaired) electrons. The lowest BCUT2D eigenvalue weighted by atomic mass is 10.0. The topological polar surface area (TPSA) is 29.3 Å². The van der Waals surface area contributed by atoms with Crippen molar-refractivity contribution in [2.45, 2.75) is 58.2 Å². The van der Waals surface area contributed by atoms with Gasteiger partial charge < -0.3 is 5.73 Å². The summed E-state index contributed by atoms with van der Waals surface area (Å²) in [5.74, 6) is 0.706. The molecule has 1 aromatic heterocycles. The lowest BCUT2D eigenvalue weighted by Crippen LogP contribution is -2.43. The van der Waals surface area contributed by atoms with Crippen LogP contribution in [-0.2, 0) is 0 Å². The molecule has 0 aromatic carbocycles. The van der Waals surface area contributed by atoms with Crippen LogP contribution in [0.1, 0.15) is 51.0 Å². The molecule has 2 rings (SSSR count). The third-order valence-electron chi connectivity index (χ3n) is 3.66. The summed E-state index contributed by atoms with van der Waals surface area (Å²) in [6.07, 6.45) is 3.75. The average molecular weight is 266 g/mol. The Kier molecular flexibility index (Phi) is 4.82. The molecule has 2 N–H and O–H groups in total. The first kappa shape index (κ1) is 14.0. The van der Waals surface area contributed by atoms with Crippen LogP contribution >= 0.6 is 11.3 Å². The molecule has 102 valence electrons. The van der Waals surface area contributed by atoms with Gasteiger partial charge in [0.05, 0.1) is 6.04 Å². The summed E-state index contributed by atoms with van der Waals surface area (Å²) in [6.45, 7) is 7.98. The van der Waals surface area contributed by atoms with Crippen molar-refractivity contribution in [1.29, 1.82) is 0 Å². The third-order valence-corrected chi connectivity index (χ3v) is 4.60. The fourth-order valence-electron chi connectivity index (χ4n) is 2.62. The largest absolute Gasteiger partial charge is 0.326 e. The summed E-state index contributed by atoms with van der Waals surface area (Å²) >= 11 is 1.85. The Morgan fingerprint density at radius 1 is 1.44 bits per heavy atom. The zero-order valence-electron chi connectivity index (χ0n) is 11.8. The molecule has 0 amide bonds. The minimum Gasteiger partial charge on any atom is -0.326 e. The van der Waals surface area contributed by atoms with Crippen molar-refractivity contribution in [3.05, 3.63) is 22.4 Å². The molecular formula is C15H26N2S. The van der Waals surface area contributed by atoms with E-state index in [1.54, 1.807) is 0 Å². The number of nitrogens with two attached hydrogens (primary N) is 1. The van der Waals surface area contributed by atoms with E-state index in [2.05, 4.69) is 43.2 Å². The normalized spacial score (nSPS) is 19.4. The van der Waals surface area contributed by atoms with Crippen molar-refractivity contribution < 1.29 is 0 Å². The van der Waals surface area contributed by atoms with E-state index >= 15 is 0 Å². The Morgan fingerprint density at radius 3 is 2.61 bits per heavy atom. The van der Waals surface area contributed by atoms with E-state index in [9.17, 15) is 0 Å². The highest BCUT2D eigenvalue weighted by atomic mass is 32.1. The molecule has 0 saturated heterocycles. The summed E-state index contributed by atoms with van der Waals surface area (Å²) in [5.41, 5.74) is 6.42. The summed E-state index contributed by atoms with van der Waals surface area (Å²) < 4.78 is 0. The summed E-state index contributed by atoms with van der Waals surface area (Å²) in [5, 5.41) is 2.17. The Hall–Kier alpha value is -0.380. The second kappa shape index (κ2) is 6.18. The first-order valence-electron chi connectivity index (χ1n) is 7.18. The van der Waals surface area contributed by atoms with E-state index in [1.165, 1.54) is 24.3 Å². The van der Waals surface area contributed by atoms with E-state index in [0.29, 0.717) is 12.0 Å². The molecule has 1 heterocycles. The maximum atomic E-state index is 6.42. The first-order valence-corrected chi connectivity index (χ1v) is 8.06. The van der Waals surface area contributed by atoms with Gasteiger partial charge in [-0.2, -0.15) is 0 Å². The van der Waals surface area contributed by atoms with Gasteiger partial charge in [-0.1, -0.05) is 26.8 Å². The minimum atomic E-state index is 0.253. The molecule has 3 heteroatoms. The number of thiophene rings is 1. The zero-order chi connectivity index (χ0) is 13.1. The fourth-order valence-corrected chi connectivity index (χ4v) is 3.54. The van der Waals surface area contributed by atoms with E-state index in [0.717, 1.165) is 12.5 Å². The van der Waals surface area contributed by atoms with Gasteiger partial charge in [-0.3, -0.25) is 4.90 Å². The fraction of sp³-hybridized carbons (Fsp3) is 0.733. The SMILES string of the molecule is CCC(N)C(c1cccs1)N(CC(C)C)C1CC1. The maximum absolute atomic E-state index is 6.42. The van der Waals surface area contributed by atoms with Crippen LogP contribution in [-0.4, -0.2) is 23.5 Å². The van der Waals surface area contributed by atoms with Gasteiger partial charge in [-0.05, 0) is 36.6 Å². The Bertz CT molecular complexity index is 343. The van der Waals surface area contributed by atoms with E-state index in [-0.39, 0.29) is 6.04 Å². The molecule has 1 aliphatic rings. The smallest absolute Gasteiger partial charge is 0.0595 e. The summed E-state index contributed by atoms with van der Waals surface area (Å²) in [7, 11) is 0. The molecule has 18 heavy (non-hydrogen) atoms. The van der Waals surface area contributed by atoms with Crippen molar-refractivity contribution in [2.24, 2.45) is 11.7 Å². The highest BCUT2D eigenvalue weighted by Gasteiger charge is 2.37. The second-order valence-electron chi connectivity index (χ2n) is 5.85. The van der Waals surface area contributed by atoms with Crippen LogP contribution in [0.2, 0.25) is 0 Å². The molecule has 0 bridgehead atoms. The molecular weight excluding hydrogens is 240 g/mol. The average Bonchev–Trinajstić information content (AvgIpc) is 3.05. The molecule has 2 atom stereocenters. The molecule has 1 saturated carbocycles. The van der Waals surface area contributed by atoms with Crippen LogP contribution in [0.25, 0.3) is 0 Å². The van der Waals surface area contributed by atoms with Gasteiger partial charge in [-0.15, -0.1) is 11.3 Å². The van der Waals surface area contributed by atoms with Gasteiger partial charge in [0.25, 0.3) is 0 Å². The first-order chi connectivity index (χ1) is 8.63. The Morgan fingerprint density at radius 2 is 2.17 bits per heavy atom. The van der Waals surface area contributed by atoms with Crippen LogP contribution in [0.3, 0.4) is 0 Å². The third kappa shape index (κ3) is 3.34. The van der Waals surface area contributed by atoms with Crippen LogP contribution in [0.4, 0.5) is 0 Å². The van der Waals surface area contributed by atoms with Crippen LogP contribution in [0.15, 0.2) is 17.5 Å². The number of hydrogen-bond donors (Lipinski definition) is 1. The monoisotopic (exact) mass is 266 g/mol. The molecule has 1 fully saturated rings. The van der Waals surface area contributed by atoms with E-state index in [4.69, 9.17) is 5.73 Å². The van der Waals surface area contributed by atoms with Crippen molar-refractivity contribution in [1.82, 2.24) is 4.90 Å². The van der Waals surface area contributed by atoms with Gasteiger partial charge in [-0.25, -0.2) is 0 Å². The van der Waals surface area contributed by atoms with Gasteiger partial charge in [0, 0.05) is 23.5 Å². The van der Waals surface area contributed by atoms with Crippen LogP contribution in [0.5, 0.6) is 0 Å². The highest BCUT2D eigenvalue weighted by Crippen LogP contribution is 2.38. The second-order valence-corrected chi connectivity index (χ2v) is 6.83. The zero-order valence-corrected chi connectivity index (χ0v) is 12.6. The molecule has 1 aliphatic carbocycles. The molecule has 1 aromatic rings. The molecule has 0 spiro atoms. The Balaban J connectivity index is 2.19. The standard InChI is InChI=1S/C15H26N2S/c1-4-13(16)15(14-6-5-9-18-14)17(10-11(2)3)12-7-8-12/h5-6,9,11-13,15H,4,7-8,10,16H2,1-3H3. The molecule has 2 nitrogen and oxygen atoms in total. The van der Waals surface area contributed by atoms with Crippen LogP contribution in [0, 0.1) is 5.92 Å². The number of nitrogens with zero attached hydrogens (tertiary/aromatic N) is 1. The lowest BCUT2D eigenvalue weighted by Gasteiger charge is -2.36. The number of hydrogen-bond acceptors (Lipinski definition) is 3. The maximum Gasteiger partial charge on any atom is 0.0595 e. The van der Waals surface area contributed by atoms with Gasteiger partial charge in [0.2, 0.25) is 0 Å². The van der Waals surface area contributed by atoms with Gasteiger partial charge >= 0.3 is 0 Å².